The van der Waals surface area contributed by atoms with Gasteiger partial charge in [-0.3, -0.25) is 15.1 Å². The van der Waals surface area contributed by atoms with Crippen molar-refractivity contribution in [3.63, 3.8) is 0 Å². The van der Waals surface area contributed by atoms with Gasteiger partial charge in [-0.1, -0.05) is 37.1 Å². The molecule has 28 heavy (non-hydrogen) atoms. The molecule has 1 aliphatic heterocycles. The smallest absolute Gasteiger partial charge is 0.225 e. The number of pyridine rings is 1. The Hall–Kier alpha value is -2.73. The molecule has 3 heterocycles. The molecule has 5 rings (SSSR count). The van der Waals surface area contributed by atoms with Crippen LogP contribution in [0.5, 0.6) is 0 Å². The lowest BCUT2D eigenvalue weighted by Crippen LogP contribution is -2.62. The van der Waals surface area contributed by atoms with E-state index in [0.717, 1.165) is 53.7 Å². The largest absolute Gasteiger partial charge is 0.342 e. The maximum absolute atomic E-state index is 12.4. The van der Waals surface area contributed by atoms with Crippen LogP contribution in [-0.2, 0) is 11.2 Å². The number of nitrogens with one attached hydrogen (secondary N) is 3. The fraction of sp³-hybridized carbons (Fsp3) is 0.409. The SMILES string of the molecule is O=C1NC(CCc2ncc(-c3cccc4cccnc34)[nH]2)NC2CCCCC12. The lowest BCUT2D eigenvalue weighted by Gasteiger charge is -2.40. The number of rotatable bonds is 4. The number of hydrogen-bond acceptors (Lipinski definition) is 4. The molecule has 3 unspecified atom stereocenters. The lowest BCUT2D eigenvalue weighted by molar-refractivity contribution is -0.130. The molecule has 3 aromatic rings. The van der Waals surface area contributed by atoms with E-state index in [2.05, 4.69) is 43.8 Å². The summed E-state index contributed by atoms with van der Waals surface area (Å²) in [6.07, 6.45) is 9.84. The Labute approximate surface area is 164 Å². The Balaban J connectivity index is 1.28. The van der Waals surface area contributed by atoms with Crippen molar-refractivity contribution in [1.29, 1.82) is 0 Å². The molecule has 3 N–H and O–H groups in total. The van der Waals surface area contributed by atoms with Crippen LogP contribution in [0, 0.1) is 5.92 Å². The van der Waals surface area contributed by atoms with Crippen molar-refractivity contribution in [3.05, 3.63) is 48.5 Å². The van der Waals surface area contributed by atoms with E-state index < -0.39 is 0 Å². The maximum Gasteiger partial charge on any atom is 0.225 e. The van der Waals surface area contributed by atoms with Crippen molar-refractivity contribution in [1.82, 2.24) is 25.6 Å². The molecule has 6 nitrogen and oxygen atoms in total. The zero-order valence-electron chi connectivity index (χ0n) is 15.8. The molecular formula is C22H25N5O. The van der Waals surface area contributed by atoms with Gasteiger partial charge < -0.3 is 10.3 Å². The minimum atomic E-state index is 0.0274. The van der Waals surface area contributed by atoms with Crippen LogP contribution in [0.3, 0.4) is 0 Å². The predicted molar refractivity (Wildman–Crippen MR) is 108 cm³/mol. The third kappa shape index (κ3) is 3.29. The average Bonchev–Trinajstić information content (AvgIpc) is 3.21. The summed E-state index contributed by atoms with van der Waals surface area (Å²) in [7, 11) is 0. The van der Waals surface area contributed by atoms with Gasteiger partial charge in [-0.2, -0.15) is 0 Å². The number of aromatic nitrogens is 3. The molecular weight excluding hydrogens is 350 g/mol. The quantitative estimate of drug-likeness (QED) is 0.654. The second-order valence-corrected chi connectivity index (χ2v) is 7.89. The standard InChI is InChI=1S/C22H25N5O/c28-22-16-7-1-2-9-17(16)25-20(27-22)11-10-19-24-13-18(26-19)15-8-3-5-14-6-4-12-23-21(14)15/h3-6,8,12-13,16-17,20,25H,1-2,7,9-11H2,(H,24,26)(H,27,28). The van der Waals surface area contributed by atoms with Crippen LogP contribution in [0.15, 0.2) is 42.7 Å². The van der Waals surface area contributed by atoms with Crippen LogP contribution < -0.4 is 10.6 Å². The van der Waals surface area contributed by atoms with E-state index in [-0.39, 0.29) is 18.0 Å². The molecule has 0 radical (unpaired) electrons. The predicted octanol–water partition coefficient (Wildman–Crippen LogP) is 3.16. The number of benzene rings is 1. The van der Waals surface area contributed by atoms with Crippen LogP contribution >= 0.6 is 0 Å². The Morgan fingerprint density at radius 1 is 1.07 bits per heavy atom. The zero-order chi connectivity index (χ0) is 18.9. The van der Waals surface area contributed by atoms with Crippen molar-refractivity contribution < 1.29 is 4.79 Å². The van der Waals surface area contributed by atoms with Gasteiger partial charge in [0.1, 0.15) is 5.82 Å². The normalized spacial score (nSPS) is 24.7. The molecule has 2 fully saturated rings. The van der Waals surface area contributed by atoms with Gasteiger partial charge in [0.25, 0.3) is 0 Å². The molecule has 1 saturated carbocycles. The summed E-state index contributed by atoms with van der Waals surface area (Å²) in [5.41, 5.74) is 3.02. The van der Waals surface area contributed by atoms with Gasteiger partial charge in [-0.05, 0) is 25.3 Å². The van der Waals surface area contributed by atoms with Crippen LogP contribution in [0.25, 0.3) is 22.2 Å². The van der Waals surface area contributed by atoms with Gasteiger partial charge >= 0.3 is 0 Å². The number of fused-ring (bicyclic) bond motifs is 2. The average molecular weight is 375 g/mol. The van der Waals surface area contributed by atoms with Crippen molar-refractivity contribution in [2.45, 2.75) is 50.7 Å². The highest BCUT2D eigenvalue weighted by Crippen LogP contribution is 2.28. The van der Waals surface area contributed by atoms with Gasteiger partial charge in [0.05, 0.1) is 29.5 Å². The number of nitrogens with zero attached hydrogens (tertiary/aromatic N) is 2. The highest BCUT2D eigenvalue weighted by atomic mass is 16.2. The van der Waals surface area contributed by atoms with Crippen LogP contribution in [0.2, 0.25) is 0 Å². The van der Waals surface area contributed by atoms with Gasteiger partial charge in [0.15, 0.2) is 0 Å². The summed E-state index contributed by atoms with van der Waals surface area (Å²) < 4.78 is 0. The molecule has 2 aromatic heterocycles. The summed E-state index contributed by atoms with van der Waals surface area (Å²) in [6.45, 7) is 0. The van der Waals surface area contributed by atoms with Crippen molar-refractivity contribution in [2.75, 3.05) is 0 Å². The van der Waals surface area contributed by atoms with E-state index in [1.165, 1.54) is 12.8 Å². The van der Waals surface area contributed by atoms with Crippen LogP contribution in [-0.4, -0.2) is 33.1 Å². The second kappa shape index (κ2) is 7.36. The first-order chi connectivity index (χ1) is 13.8. The van der Waals surface area contributed by atoms with E-state index in [9.17, 15) is 4.79 Å². The first-order valence-electron chi connectivity index (χ1n) is 10.2. The summed E-state index contributed by atoms with van der Waals surface area (Å²) >= 11 is 0. The number of amides is 1. The topological polar surface area (TPSA) is 82.7 Å². The van der Waals surface area contributed by atoms with Gasteiger partial charge in [0.2, 0.25) is 5.91 Å². The Bertz CT molecular complexity index is 992. The summed E-state index contributed by atoms with van der Waals surface area (Å²) in [5, 5.41) is 7.90. The fourth-order valence-electron chi connectivity index (χ4n) is 4.61. The third-order valence-corrected chi connectivity index (χ3v) is 6.06. The minimum absolute atomic E-state index is 0.0274. The highest BCUT2D eigenvalue weighted by molar-refractivity contribution is 5.92. The minimum Gasteiger partial charge on any atom is -0.342 e. The summed E-state index contributed by atoms with van der Waals surface area (Å²) in [5.74, 6) is 1.30. The fourth-order valence-corrected chi connectivity index (χ4v) is 4.61. The van der Waals surface area contributed by atoms with E-state index in [0.29, 0.717) is 6.04 Å². The Morgan fingerprint density at radius 3 is 2.93 bits per heavy atom. The summed E-state index contributed by atoms with van der Waals surface area (Å²) in [6, 6.07) is 10.5. The third-order valence-electron chi connectivity index (χ3n) is 6.06. The molecule has 1 amide bonds. The van der Waals surface area contributed by atoms with E-state index >= 15 is 0 Å². The number of aryl methyl sites for hydroxylation is 1. The van der Waals surface area contributed by atoms with Gasteiger partial charge in [-0.15, -0.1) is 0 Å². The van der Waals surface area contributed by atoms with Gasteiger partial charge in [0, 0.05) is 29.6 Å². The number of carbonyl (C=O) groups is 1. The number of imidazole rings is 1. The van der Waals surface area contributed by atoms with E-state index in [4.69, 9.17) is 0 Å². The highest BCUT2D eigenvalue weighted by Gasteiger charge is 2.37. The monoisotopic (exact) mass is 375 g/mol. The molecule has 0 bridgehead atoms. The van der Waals surface area contributed by atoms with Gasteiger partial charge in [-0.25, -0.2) is 4.98 Å². The molecule has 1 aromatic carbocycles. The van der Waals surface area contributed by atoms with E-state index in [1.54, 1.807) is 0 Å². The molecule has 2 aliphatic rings. The molecule has 1 aliphatic carbocycles. The number of H-pyrrole nitrogens is 1. The molecule has 0 spiro atoms. The molecule has 144 valence electrons. The zero-order valence-corrected chi connectivity index (χ0v) is 15.8. The van der Waals surface area contributed by atoms with Crippen molar-refractivity contribution >= 4 is 16.8 Å². The van der Waals surface area contributed by atoms with Crippen LogP contribution in [0.1, 0.15) is 37.9 Å². The Kier molecular flexibility index (Phi) is 4.56. The first kappa shape index (κ1) is 17.4. The number of carbonyl (C=O) groups excluding carboxylic acids is 1. The maximum atomic E-state index is 12.4. The number of para-hydroxylation sites is 1. The second-order valence-electron chi connectivity index (χ2n) is 7.89. The molecule has 3 atom stereocenters. The van der Waals surface area contributed by atoms with Crippen LogP contribution in [0.4, 0.5) is 0 Å². The Morgan fingerprint density at radius 2 is 1.96 bits per heavy atom. The van der Waals surface area contributed by atoms with Crippen molar-refractivity contribution in [3.8, 4) is 11.3 Å². The molecule has 6 heteroatoms. The number of aromatic amines is 1. The van der Waals surface area contributed by atoms with Crippen molar-refractivity contribution in [2.24, 2.45) is 5.92 Å². The first-order valence-corrected chi connectivity index (χ1v) is 10.2. The van der Waals surface area contributed by atoms with E-state index in [1.807, 2.05) is 24.5 Å². The number of hydrogen-bond donors (Lipinski definition) is 3. The summed E-state index contributed by atoms with van der Waals surface area (Å²) in [4.78, 5) is 24.9. The lowest BCUT2D eigenvalue weighted by atomic mass is 9.82. The molecule has 1 saturated heterocycles.